The normalized spacial score (nSPS) is 15.7. The number of halogens is 2. The first kappa shape index (κ1) is 20.6. The highest BCUT2D eigenvalue weighted by atomic mass is 35.5. The zero-order valence-corrected chi connectivity index (χ0v) is 16.1. The van der Waals surface area contributed by atoms with Gasteiger partial charge < -0.3 is 15.8 Å². The van der Waals surface area contributed by atoms with Crippen molar-refractivity contribution >= 4 is 35.6 Å². The van der Waals surface area contributed by atoms with Crippen molar-refractivity contribution in [3.05, 3.63) is 64.7 Å². The van der Waals surface area contributed by atoms with E-state index in [-0.39, 0.29) is 18.3 Å². The molecule has 0 aliphatic carbocycles. The summed E-state index contributed by atoms with van der Waals surface area (Å²) in [6.45, 7) is 1.75. The van der Waals surface area contributed by atoms with Crippen LogP contribution in [-0.4, -0.2) is 25.7 Å². The van der Waals surface area contributed by atoms with E-state index in [4.69, 9.17) is 22.1 Å². The highest BCUT2D eigenvalue weighted by Gasteiger charge is 2.41. The number of carbonyl (C=O) groups is 1. The number of anilines is 1. The minimum atomic E-state index is -0.565. The van der Waals surface area contributed by atoms with E-state index in [2.05, 4.69) is 5.32 Å². The Morgan fingerprint density at radius 1 is 1.15 bits per heavy atom. The van der Waals surface area contributed by atoms with Crippen LogP contribution in [0.5, 0.6) is 0 Å². The number of nitrogen functional groups attached to an aromatic ring is 1. The van der Waals surface area contributed by atoms with Gasteiger partial charge in [-0.25, -0.2) is 0 Å². The lowest BCUT2D eigenvalue weighted by atomic mass is 9.73. The lowest BCUT2D eigenvalue weighted by Gasteiger charge is -2.36. The average molecular weight is 395 g/mol. The quantitative estimate of drug-likeness (QED) is 0.758. The van der Waals surface area contributed by atoms with Crippen LogP contribution in [0.1, 0.15) is 24.0 Å². The standard InChI is InChI=1S/C20H23ClN2O2.ClH/c21-17-3-1-2-16(14-17)20(9-12-25-13-10-20)19(24)23-11-8-15-4-6-18(22)7-5-15;/h1-7,14H,8-13,22H2,(H,23,24);1H. The van der Waals surface area contributed by atoms with Gasteiger partial charge in [0.25, 0.3) is 0 Å². The molecule has 0 unspecified atom stereocenters. The molecule has 26 heavy (non-hydrogen) atoms. The summed E-state index contributed by atoms with van der Waals surface area (Å²) in [5.41, 5.74) is 8.00. The van der Waals surface area contributed by atoms with Crippen LogP contribution < -0.4 is 11.1 Å². The summed E-state index contributed by atoms with van der Waals surface area (Å²) >= 11 is 6.15. The average Bonchev–Trinajstić information content (AvgIpc) is 2.64. The summed E-state index contributed by atoms with van der Waals surface area (Å²) in [7, 11) is 0. The Hall–Kier alpha value is -1.75. The van der Waals surface area contributed by atoms with E-state index in [9.17, 15) is 4.79 Å². The molecular weight excluding hydrogens is 371 g/mol. The lowest BCUT2D eigenvalue weighted by Crippen LogP contribution is -2.48. The van der Waals surface area contributed by atoms with E-state index >= 15 is 0 Å². The third-order valence-electron chi connectivity index (χ3n) is 4.84. The van der Waals surface area contributed by atoms with E-state index in [0.29, 0.717) is 37.6 Å². The number of amides is 1. The van der Waals surface area contributed by atoms with Crippen LogP contribution in [0.3, 0.4) is 0 Å². The van der Waals surface area contributed by atoms with Crippen molar-refractivity contribution in [2.24, 2.45) is 0 Å². The second kappa shape index (κ2) is 9.26. The van der Waals surface area contributed by atoms with Crippen LogP contribution in [0.4, 0.5) is 5.69 Å². The number of ether oxygens (including phenoxy) is 1. The van der Waals surface area contributed by atoms with Gasteiger partial charge in [0.15, 0.2) is 0 Å². The SMILES string of the molecule is Cl.Nc1ccc(CCNC(=O)C2(c3cccc(Cl)c3)CCOCC2)cc1. The van der Waals surface area contributed by atoms with Gasteiger partial charge in [-0.15, -0.1) is 12.4 Å². The Balaban J connectivity index is 0.00000243. The minimum Gasteiger partial charge on any atom is -0.399 e. The van der Waals surface area contributed by atoms with Gasteiger partial charge in [0, 0.05) is 30.5 Å². The fourth-order valence-electron chi connectivity index (χ4n) is 3.33. The van der Waals surface area contributed by atoms with Crippen LogP contribution in [0.2, 0.25) is 5.02 Å². The maximum atomic E-state index is 13.0. The Morgan fingerprint density at radius 3 is 2.50 bits per heavy atom. The zero-order chi connectivity index (χ0) is 17.7. The topological polar surface area (TPSA) is 64.3 Å². The molecule has 0 spiro atoms. The molecule has 1 heterocycles. The van der Waals surface area contributed by atoms with Crippen LogP contribution in [-0.2, 0) is 21.4 Å². The Morgan fingerprint density at radius 2 is 1.85 bits per heavy atom. The number of nitrogens with one attached hydrogen (secondary N) is 1. The summed E-state index contributed by atoms with van der Waals surface area (Å²) in [5, 5.41) is 3.76. The highest BCUT2D eigenvalue weighted by Crippen LogP contribution is 2.36. The molecule has 3 N–H and O–H groups in total. The largest absolute Gasteiger partial charge is 0.399 e. The van der Waals surface area contributed by atoms with E-state index in [1.54, 1.807) is 0 Å². The molecule has 0 radical (unpaired) electrons. The molecule has 0 atom stereocenters. The molecule has 1 saturated heterocycles. The Bertz CT molecular complexity index is 729. The molecule has 2 aromatic carbocycles. The van der Waals surface area contributed by atoms with E-state index in [1.807, 2.05) is 48.5 Å². The third-order valence-corrected chi connectivity index (χ3v) is 5.07. The van der Waals surface area contributed by atoms with Crippen LogP contribution in [0, 0.1) is 0 Å². The Labute approximate surface area is 165 Å². The van der Waals surface area contributed by atoms with Crippen molar-refractivity contribution in [3.8, 4) is 0 Å². The molecule has 6 heteroatoms. The summed E-state index contributed by atoms with van der Waals surface area (Å²) in [5.74, 6) is 0.0495. The van der Waals surface area contributed by atoms with E-state index < -0.39 is 5.41 Å². The number of hydrogen-bond donors (Lipinski definition) is 2. The zero-order valence-electron chi connectivity index (χ0n) is 14.5. The second-order valence-electron chi connectivity index (χ2n) is 6.45. The van der Waals surface area contributed by atoms with Crippen molar-refractivity contribution < 1.29 is 9.53 Å². The van der Waals surface area contributed by atoms with Gasteiger partial charge in [0.2, 0.25) is 5.91 Å². The van der Waals surface area contributed by atoms with Gasteiger partial charge in [-0.3, -0.25) is 4.79 Å². The Kier molecular flexibility index (Phi) is 7.33. The minimum absolute atomic E-state index is 0. The van der Waals surface area contributed by atoms with Gasteiger partial charge in [0.05, 0.1) is 5.41 Å². The predicted octanol–water partition coefficient (Wildman–Crippen LogP) is 3.75. The summed E-state index contributed by atoms with van der Waals surface area (Å²) in [4.78, 5) is 13.0. The number of rotatable bonds is 5. The summed E-state index contributed by atoms with van der Waals surface area (Å²) in [6.07, 6.45) is 2.11. The van der Waals surface area contributed by atoms with Crippen LogP contribution in [0.25, 0.3) is 0 Å². The van der Waals surface area contributed by atoms with E-state index in [0.717, 1.165) is 23.2 Å². The van der Waals surface area contributed by atoms with Crippen molar-refractivity contribution in [2.75, 3.05) is 25.5 Å². The molecule has 1 amide bonds. The molecule has 1 fully saturated rings. The molecule has 2 aromatic rings. The maximum Gasteiger partial charge on any atom is 0.230 e. The van der Waals surface area contributed by atoms with Gasteiger partial charge in [0.1, 0.15) is 0 Å². The molecule has 0 bridgehead atoms. The second-order valence-corrected chi connectivity index (χ2v) is 6.89. The predicted molar refractivity (Wildman–Crippen MR) is 108 cm³/mol. The molecule has 4 nitrogen and oxygen atoms in total. The molecular formula is C20H24Cl2N2O2. The fraction of sp³-hybridized carbons (Fsp3) is 0.350. The van der Waals surface area contributed by atoms with Crippen molar-refractivity contribution in [2.45, 2.75) is 24.7 Å². The fourth-order valence-corrected chi connectivity index (χ4v) is 3.52. The monoisotopic (exact) mass is 394 g/mol. The first-order valence-corrected chi connectivity index (χ1v) is 8.94. The van der Waals surface area contributed by atoms with Gasteiger partial charge in [-0.05, 0) is 54.7 Å². The molecule has 3 rings (SSSR count). The van der Waals surface area contributed by atoms with Crippen molar-refractivity contribution in [3.63, 3.8) is 0 Å². The van der Waals surface area contributed by atoms with Crippen LogP contribution >= 0.6 is 24.0 Å². The van der Waals surface area contributed by atoms with Crippen LogP contribution in [0.15, 0.2) is 48.5 Å². The maximum absolute atomic E-state index is 13.0. The first-order chi connectivity index (χ1) is 12.1. The van der Waals surface area contributed by atoms with Gasteiger partial charge >= 0.3 is 0 Å². The first-order valence-electron chi connectivity index (χ1n) is 8.57. The summed E-state index contributed by atoms with van der Waals surface area (Å²) in [6, 6.07) is 15.3. The number of carbonyl (C=O) groups excluding carboxylic acids is 1. The number of benzene rings is 2. The molecule has 1 aliphatic heterocycles. The van der Waals surface area contributed by atoms with Gasteiger partial charge in [-0.2, -0.15) is 0 Å². The van der Waals surface area contributed by atoms with E-state index in [1.165, 1.54) is 0 Å². The number of nitrogens with two attached hydrogens (primary N) is 1. The third kappa shape index (κ3) is 4.70. The smallest absolute Gasteiger partial charge is 0.230 e. The molecule has 140 valence electrons. The lowest BCUT2D eigenvalue weighted by molar-refractivity contribution is -0.130. The molecule has 1 aliphatic rings. The van der Waals surface area contributed by atoms with Crippen molar-refractivity contribution in [1.82, 2.24) is 5.32 Å². The molecule has 0 saturated carbocycles. The van der Waals surface area contributed by atoms with Crippen molar-refractivity contribution in [1.29, 1.82) is 0 Å². The number of hydrogen-bond acceptors (Lipinski definition) is 3. The summed E-state index contributed by atoms with van der Waals surface area (Å²) < 4.78 is 5.49. The highest BCUT2D eigenvalue weighted by molar-refractivity contribution is 6.30. The van der Waals surface area contributed by atoms with Gasteiger partial charge in [-0.1, -0.05) is 35.9 Å². The molecule has 0 aromatic heterocycles.